The minimum atomic E-state index is 0.0422. The lowest BCUT2D eigenvalue weighted by Gasteiger charge is -2.35. The normalized spacial score (nSPS) is 17.0. The zero-order valence-electron chi connectivity index (χ0n) is 14.2. The molecule has 2 rings (SSSR count). The first-order valence-electron chi connectivity index (χ1n) is 8.49. The zero-order chi connectivity index (χ0) is 16.7. The number of rotatable bonds is 6. The van der Waals surface area contributed by atoms with Crippen molar-refractivity contribution in [2.45, 2.75) is 39.2 Å². The number of ether oxygens (including phenoxy) is 1. The minimum Gasteiger partial charge on any atom is -0.365 e. The second kappa shape index (κ2) is 8.74. The average molecular weight is 313 g/mol. The topological polar surface area (TPSA) is 29.5 Å². The predicted octanol–water partition coefficient (Wildman–Crippen LogP) is 3.14. The van der Waals surface area contributed by atoms with Gasteiger partial charge in [0, 0.05) is 19.0 Å². The van der Waals surface area contributed by atoms with Crippen molar-refractivity contribution in [2.24, 2.45) is 11.8 Å². The van der Waals surface area contributed by atoms with Gasteiger partial charge in [0.15, 0.2) is 0 Å². The Bertz CT molecular complexity index is 524. The summed E-state index contributed by atoms with van der Waals surface area (Å²) < 4.78 is 5.59. The van der Waals surface area contributed by atoms with Crippen LogP contribution in [0.25, 0.3) is 0 Å². The quantitative estimate of drug-likeness (QED) is 0.755. The molecule has 1 aliphatic rings. The van der Waals surface area contributed by atoms with Crippen LogP contribution in [0.4, 0.5) is 0 Å². The summed E-state index contributed by atoms with van der Waals surface area (Å²) in [5, 5.41) is 0. The number of terminal acetylenes is 1. The Hall–Kier alpha value is -1.79. The lowest BCUT2D eigenvalue weighted by molar-refractivity contribution is -0.139. The first kappa shape index (κ1) is 17.6. The summed E-state index contributed by atoms with van der Waals surface area (Å²) in [6.45, 7) is 6.17. The molecule has 0 radical (unpaired) electrons. The molecule has 0 saturated carbocycles. The Morgan fingerprint density at radius 3 is 2.52 bits per heavy atom. The summed E-state index contributed by atoms with van der Waals surface area (Å²) in [5.41, 5.74) is 1.23. The summed E-state index contributed by atoms with van der Waals surface area (Å²) in [4.78, 5) is 14.9. The molecule has 0 aromatic heterocycles. The van der Waals surface area contributed by atoms with Gasteiger partial charge in [-0.3, -0.25) is 4.79 Å². The van der Waals surface area contributed by atoms with Crippen molar-refractivity contribution in [3.05, 3.63) is 35.9 Å². The highest BCUT2D eigenvalue weighted by atomic mass is 16.5. The van der Waals surface area contributed by atoms with Crippen LogP contribution in [0, 0.1) is 24.2 Å². The van der Waals surface area contributed by atoms with Crippen LogP contribution in [0.1, 0.15) is 32.3 Å². The summed E-state index contributed by atoms with van der Waals surface area (Å²) in [6.07, 6.45) is 7.99. The van der Waals surface area contributed by atoms with E-state index in [1.807, 2.05) is 23.1 Å². The molecule has 0 spiro atoms. The monoisotopic (exact) mass is 313 g/mol. The largest absolute Gasteiger partial charge is 0.365 e. The molecule has 1 fully saturated rings. The van der Waals surface area contributed by atoms with Crippen LogP contribution in [0.15, 0.2) is 30.3 Å². The molecular weight excluding hydrogens is 286 g/mol. The number of hydrogen-bond donors (Lipinski definition) is 0. The lowest BCUT2D eigenvalue weighted by Crippen LogP contribution is -2.45. The summed E-state index contributed by atoms with van der Waals surface area (Å²) in [5.74, 6) is 3.16. The Morgan fingerprint density at radius 2 is 1.96 bits per heavy atom. The fourth-order valence-electron chi connectivity index (χ4n) is 3.12. The van der Waals surface area contributed by atoms with Gasteiger partial charge < -0.3 is 9.64 Å². The van der Waals surface area contributed by atoms with Crippen LogP contribution in [-0.2, 0) is 16.0 Å². The van der Waals surface area contributed by atoms with E-state index in [1.165, 1.54) is 5.56 Å². The van der Waals surface area contributed by atoms with Crippen molar-refractivity contribution >= 4 is 5.91 Å². The second-order valence-electron chi connectivity index (χ2n) is 6.58. The van der Waals surface area contributed by atoms with E-state index in [-0.39, 0.29) is 17.9 Å². The lowest BCUT2D eigenvalue weighted by atomic mass is 9.87. The number of likely N-dealkylation sites (tertiary alicyclic amines) is 1. The maximum atomic E-state index is 12.9. The van der Waals surface area contributed by atoms with E-state index < -0.39 is 0 Å². The van der Waals surface area contributed by atoms with Crippen LogP contribution >= 0.6 is 0 Å². The Morgan fingerprint density at radius 1 is 1.30 bits per heavy atom. The average Bonchev–Trinajstić information content (AvgIpc) is 2.58. The molecule has 1 amide bonds. The fraction of sp³-hybridized carbons (Fsp3) is 0.550. The van der Waals surface area contributed by atoms with E-state index >= 15 is 0 Å². The van der Waals surface area contributed by atoms with Gasteiger partial charge in [-0.1, -0.05) is 50.1 Å². The number of benzene rings is 1. The number of nitrogens with zero attached hydrogens (tertiary/aromatic N) is 1. The Balaban J connectivity index is 1.93. The molecule has 1 aromatic rings. The number of carbonyl (C=O) groups is 1. The molecule has 0 aliphatic carbocycles. The molecule has 1 atom stereocenters. The van der Waals surface area contributed by atoms with Gasteiger partial charge >= 0.3 is 0 Å². The molecule has 124 valence electrons. The van der Waals surface area contributed by atoms with Gasteiger partial charge in [-0.25, -0.2) is 0 Å². The minimum absolute atomic E-state index is 0.0422. The van der Waals surface area contributed by atoms with E-state index in [9.17, 15) is 4.79 Å². The van der Waals surface area contributed by atoms with Gasteiger partial charge in [-0.05, 0) is 30.7 Å². The van der Waals surface area contributed by atoms with Crippen LogP contribution in [0.5, 0.6) is 0 Å². The highest BCUT2D eigenvalue weighted by Crippen LogP contribution is 2.23. The number of carbonyl (C=O) groups excluding carboxylic acids is 1. The fourth-order valence-corrected chi connectivity index (χ4v) is 3.12. The molecule has 0 unspecified atom stereocenters. The van der Waals surface area contributed by atoms with E-state index in [2.05, 4.69) is 31.9 Å². The van der Waals surface area contributed by atoms with Gasteiger partial charge in [0.25, 0.3) is 0 Å². The standard InChI is InChI=1S/C20H27NO2/c1-4-14-23-18-10-12-21(13-11-18)20(22)19(16(2)3)15-17-8-6-5-7-9-17/h1,5-9,16,18-19H,10-15H2,2-3H3/t19-/m0/s1. The van der Waals surface area contributed by atoms with Gasteiger partial charge in [-0.2, -0.15) is 0 Å². The maximum Gasteiger partial charge on any atom is 0.226 e. The van der Waals surface area contributed by atoms with Crippen molar-refractivity contribution in [3.8, 4) is 12.3 Å². The summed E-state index contributed by atoms with van der Waals surface area (Å²) >= 11 is 0. The molecular formula is C20H27NO2. The van der Waals surface area contributed by atoms with E-state index in [0.29, 0.717) is 12.5 Å². The SMILES string of the molecule is C#CCOC1CCN(C(=O)[C@@H](Cc2ccccc2)C(C)C)CC1. The van der Waals surface area contributed by atoms with Crippen molar-refractivity contribution in [3.63, 3.8) is 0 Å². The predicted molar refractivity (Wildman–Crippen MR) is 92.9 cm³/mol. The second-order valence-corrected chi connectivity index (χ2v) is 6.58. The first-order chi connectivity index (χ1) is 11.1. The van der Waals surface area contributed by atoms with Crippen LogP contribution < -0.4 is 0 Å². The van der Waals surface area contributed by atoms with Gasteiger partial charge in [-0.15, -0.1) is 6.42 Å². The molecule has 1 aliphatic heterocycles. The van der Waals surface area contributed by atoms with Crippen LogP contribution in [-0.4, -0.2) is 36.6 Å². The first-order valence-corrected chi connectivity index (χ1v) is 8.49. The third kappa shape index (κ3) is 5.11. The van der Waals surface area contributed by atoms with Gasteiger partial charge in [0.05, 0.1) is 6.10 Å². The van der Waals surface area contributed by atoms with Crippen molar-refractivity contribution in [1.82, 2.24) is 4.90 Å². The zero-order valence-corrected chi connectivity index (χ0v) is 14.2. The molecule has 23 heavy (non-hydrogen) atoms. The smallest absolute Gasteiger partial charge is 0.226 e. The molecule has 3 nitrogen and oxygen atoms in total. The molecule has 1 saturated heterocycles. The van der Waals surface area contributed by atoms with Crippen molar-refractivity contribution in [2.75, 3.05) is 19.7 Å². The molecule has 1 aromatic carbocycles. The molecule has 0 bridgehead atoms. The van der Waals surface area contributed by atoms with Crippen molar-refractivity contribution < 1.29 is 9.53 Å². The number of hydrogen-bond acceptors (Lipinski definition) is 2. The van der Waals surface area contributed by atoms with Gasteiger partial charge in [0.2, 0.25) is 5.91 Å². The summed E-state index contributed by atoms with van der Waals surface area (Å²) in [7, 11) is 0. The van der Waals surface area contributed by atoms with Gasteiger partial charge in [0.1, 0.15) is 6.61 Å². The third-order valence-electron chi connectivity index (χ3n) is 4.58. The number of piperidine rings is 1. The number of amides is 1. The third-order valence-corrected chi connectivity index (χ3v) is 4.58. The molecule has 0 N–H and O–H groups in total. The Kier molecular flexibility index (Phi) is 6.67. The molecule has 1 heterocycles. The highest BCUT2D eigenvalue weighted by molar-refractivity contribution is 5.79. The van der Waals surface area contributed by atoms with Crippen LogP contribution in [0.2, 0.25) is 0 Å². The Labute approximate surface area is 140 Å². The van der Waals surface area contributed by atoms with Crippen LogP contribution in [0.3, 0.4) is 0 Å². The van der Waals surface area contributed by atoms with Crippen molar-refractivity contribution in [1.29, 1.82) is 0 Å². The highest BCUT2D eigenvalue weighted by Gasteiger charge is 2.30. The maximum absolute atomic E-state index is 12.9. The van der Waals surface area contributed by atoms with E-state index in [4.69, 9.17) is 11.2 Å². The molecule has 3 heteroatoms. The van der Waals surface area contributed by atoms with E-state index in [1.54, 1.807) is 0 Å². The van der Waals surface area contributed by atoms with E-state index in [0.717, 1.165) is 32.4 Å². The summed E-state index contributed by atoms with van der Waals surface area (Å²) in [6, 6.07) is 10.3.